The zero-order valence-corrected chi connectivity index (χ0v) is 8.58. The first-order valence-electron chi connectivity index (χ1n) is 4.24. The molecule has 0 heterocycles. The van der Waals surface area contributed by atoms with Crippen molar-refractivity contribution in [3.05, 3.63) is 12.7 Å². The first-order chi connectivity index (χ1) is 6.61. The maximum absolute atomic E-state index is 11.3. The fraction of sp³-hybridized carbons (Fsp3) is 0.556. The molecule has 0 rings (SSSR count). The van der Waals surface area contributed by atoms with Crippen LogP contribution in [0.2, 0.25) is 0 Å². The normalized spacial score (nSPS) is 9.29. The summed E-state index contributed by atoms with van der Waals surface area (Å²) >= 11 is 0. The summed E-state index contributed by atoms with van der Waals surface area (Å²) in [4.78, 5) is 23.4. The Labute approximate surface area is 83.7 Å². The fourth-order valence-electron chi connectivity index (χ4n) is 0.762. The lowest BCUT2D eigenvalue weighted by atomic mass is 10.4. The van der Waals surface area contributed by atoms with Crippen LogP contribution in [0, 0.1) is 0 Å². The van der Waals surface area contributed by atoms with Gasteiger partial charge in [-0.1, -0.05) is 6.08 Å². The van der Waals surface area contributed by atoms with Gasteiger partial charge in [0.15, 0.2) is 0 Å². The van der Waals surface area contributed by atoms with E-state index in [1.165, 1.54) is 12.0 Å². The summed E-state index contributed by atoms with van der Waals surface area (Å²) in [5.74, 6) is -0.582. The molecule has 5 nitrogen and oxygen atoms in total. The van der Waals surface area contributed by atoms with E-state index in [2.05, 4.69) is 16.6 Å². The Hall–Kier alpha value is -1.36. The van der Waals surface area contributed by atoms with Crippen LogP contribution in [0.4, 0.5) is 0 Å². The molecule has 0 aromatic rings. The molecule has 0 radical (unpaired) electrons. The fourth-order valence-corrected chi connectivity index (χ4v) is 0.762. The Kier molecular flexibility index (Phi) is 6.39. The summed E-state index contributed by atoms with van der Waals surface area (Å²) in [6.45, 7) is 4.24. The van der Waals surface area contributed by atoms with E-state index < -0.39 is 5.97 Å². The molecule has 0 aromatic carbocycles. The third-order valence-electron chi connectivity index (χ3n) is 1.58. The van der Waals surface area contributed by atoms with Crippen LogP contribution in [0.25, 0.3) is 0 Å². The number of hydrogen-bond acceptors (Lipinski definition) is 4. The van der Waals surface area contributed by atoms with E-state index in [1.807, 2.05) is 0 Å². The second-order valence-corrected chi connectivity index (χ2v) is 2.75. The molecule has 0 aromatic heterocycles. The lowest BCUT2D eigenvalue weighted by Crippen LogP contribution is -2.38. The minimum absolute atomic E-state index is 0.0227. The van der Waals surface area contributed by atoms with Crippen LogP contribution in [0.1, 0.15) is 0 Å². The molecule has 0 aliphatic carbocycles. The lowest BCUT2D eigenvalue weighted by Gasteiger charge is -2.15. The van der Waals surface area contributed by atoms with E-state index in [-0.39, 0.29) is 19.0 Å². The zero-order chi connectivity index (χ0) is 11.0. The highest BCUT2D eigenvalue weighted by Crippen LogP contribution is 1.85. The first kappa shape index (κ1) is 12.6. The van der Waals surface area contributed by atoms with Gasteiger partial charge in [-0.05, 0) is 0 Å². The van der Waals surface area contributed by atoms with Crippen molar-refractivity contribution in [2.75, 3.05) is 33.8 Å². The van der Waals surface area contributed by atoms with E-state index in [0.717, 1.165) is 0 Å². The van der Waals surface area contributed by atoms with Crippen molar-refractivity contribution in [3.63, 3.8) is 0 Å². The highest BCUT2D eigenvalue weighted by molar-refractivity contribution is 5.83. The number of methoxy groups -OCH3 is 1. The van der Waals surface area contributed by atoms with E-state index in [0.29, 0.717) is 6.54 Å². The van der Waals surface area contributed by atoms with Gasteiger partial charge >= 0.3 is 5.97 Å². The number of ether oxygens (including phenoxy) is 1. The van der Waals surface area contributed by atoms with Crippen LogP contribution >= 0.6 is 0 Å². The van der Waals surface area contributed by atoms with Gasteiger partial charge in [-0.2, -0.15) is 0 Å². The molecule has 0 fully saturated rings. The molecule has 5 heteroatoms. The van der Waals surface area contributed by atoms with Crippen molar-refractivity contribution in [1.82, 2.24) is 10.2 Å². The number of likely N-dealkylation sites (N-methyl/N-ethyl adjacent to an activating group) is 1. The quantitative estimate of drug-likeness (QED) is 0.353. The SMILES string of the molecule is C=CCNCC(=O)N(C)CC(=O)OC. The molecule has 0 aliphatic rings. The summed E-state index contributed by atoms with van der Waals surface area (Å²) in [6, 6.07) is 0. The van der Waals surface area contributed by atoms with Gasteiger partial charge in [0.1, 0.15) is 6.54 Å². The standard InChI is InChI=1S/C9H16N2O3/c1-4-5-10-6-8(12)11(2)7-9(13)14-3/h4,10H,1,5-7H2,2-3H3. The largest absolute Gasteiger partial charge is 0.468 e. The van der Waals surface area contributed by atoms with E-state index in [4.69, 9.17) is 0 Å². The number of carbonyl (C=O) groups excluding carboxylic acids is 2. The molecule has 0 atom stereocenters. The monoisotopic (exact) mass is 200 g/mol. The molecule has 1 amide bonds. The van der Waals surface area contributed by atoms with Crippen LogP contribution in [0.15, 0.2) is 12.7 Å². The van der Waals surface area contributed by atoms with Crippen LogP contribution in [0.5, 0.6) is 0 Å². The topological polar surface area (TPSA) is 58.6 Å². The van der Waals surface area contributed by atoms with Crippen molar-refractivity contribution < 1.29 is 14.3 Å². The number of esters is 1. The zero-order valence-electron chi connectivity index (χ0n) is 8.58. The van der Waals surface area contributed by atoms with E-state index in [9.17, 15) is 9.59 Å². The molecule has 0 bridgehead atoms. The van der Waals surface area contributed by atoms with Crippen LogP contribution < -0.4 is 5.32 Å². The average molecular weight is 200 g/mol. The van der Waals surface area contributed by atoms with Crippen molar-refractivity contribution in [3.8, 4) is 0 Å². The van der Waals surface area contributed by atoms with Gasteiger partial charge in [-0.15, -0.1) is 6.58 Å². The molecule has 0 saturated carbocycles. The Bertz CT molecular complexity index is 216. The summed E-state index contributed by atoms with van der Waals surface area (Å²) < 4.78 is 4.43. The maximum Gasteiger partial charge on any atom is 0.325 e. The summed E-state index contributed by atoms with van der Waals surface area (Å²) in [5, 5.41) is 2.85. The van der Waals surface area contributed by atoms with Gasteiger partial charge in [0.2, 0.25) is 5.91 Å². The van der Waals surface area contributed by atoms with Gasteiger partial charge in [0.25, 0.3) is 0 Å². The van der Waals surface area contributed by atoms with Gasteiger partial charge in [-0.25, -0.2) is 0 Å². The Morgan fingerprint density at radius 3 is 2.71 bits per heavy atom. The number of carbonyl (C=O) groups is 2. The molecule has 0 saturated heterocycles. The van der Waals surface area contributed by atoms with Crippen molar-refractivity contribution in [2.24, 2.45) is 0 Å². The lowest BCUT2D eigenvalue weighted by molar-refractivity contribution is -0.145. The Balaban J connectivity index is 3.75. The third kappa shape index (κ3) is 5.31. The Morgan fingerprint density at radius 1 is 1.57 bits per heavy atom. The molecule has 0 aliphatic heterocycles. The van der Waals surface area contributed by atoms with Crippen molar-refractivity contribution >= 4 is 11.9 Å². The smallest absolute Gasteiger partial charge is 0.325 e. The highest BCUT2D eigenvalue weighted by Gasteiger charge is 2.11. The number of amides is 1. The molecule has 1 N–H and O–H groups in total. The minimum atomic E-state index is -0.426. The highest BCUT2D eigenvalue weighted by atomic mass is 16.5. The molecule has 0 spiro atoms. The molecule has 14 heavy (non-hydrogen) atoms. The predicted molar refractivity (Wildman–Crippen MR) is 52.7 cm³/mol. The average Bonchev–Trinajstić information content (AvgIpc) is 2.17. The van der Waals surface area contributed by atoms with Crippen molar-refractivity contribution in [2.45, 2.75) is 0 Å². The van der Waals surface area contributed by atoms with Gasteiger partial charge in [0, 0.05) is 13.6 Å². The maximum atomic E-state index is 11.3. The first-order valence-corrected chi connectivity index (χ1v) is 4.24. The molecular weight excluding hydrogens is 184 g/mol. The van der Waals surface area contributed by atoms with E-state index in [1.54, 1.807) is 13.1 Å². The number of nitrogens with zero attached hydrogens (tertiary/aromatic N) is 1. The van der Waals surface area contributed by atoms with E-state index >= 15 is 0 Å². The Morgan fingerprint density at radius 2 is 2.21 bits per heavy atom. The second-order valence-electron chi connectivity index (χ2n) is 2.75. The molecular formula is C9H16N2O3. The van der Waals surface area contributed by atoms with Crippen LogP contribution in [-0.2, 0) is 14.3 Å². The third-order valence-corrected chi connectivity index (χ3v) is 1.58. The van der Waals surface area contributed by atoms with Crippen molar-refractivity contribution in [1.29, 1.82) is 0 Å². The molecule has 0 unspecified atom stereocenters. The predicted octanol–water partition coefficient (Wildman–Crippen LogP) is -0.607. The number of hydrogen-bond donors (Lipinski definition) is 1. The summed E-state index contributed by atoms with van der Waals surface area (Å²) in [7, 11) is 2.84. The minimum Gasteiger partial charge on any atom is -0.468 e. The van der Waals surface area contributed by atoms with Gasteiger partial charge in [0.05, 0.1) is 13.7 Å². The number of rotatable bonds is 6. The van der Waals surface area contributed by atoms with Gasteiger partial charge in [-0.3, -0.25) is 9.59 Å². The van der Waals surface area contributed by atoms with Gasteiger partial charge < -0.3 is 15.0 Å². The summed E-state index contributed by atoms with van der Waals surface area (Å²) in [5.41, 5.74) is 0. The number of nitrogens with one attached hydrogen (secondary N) is 1. The van der Waals surface area contributed by atoms with Crippen LogP contribution in [-0.4, -0.2) is 50.6 Å². The van der Waals surface area contributed by atoms with Crippen LogP contribution in [0.3, 0.4) is 0 Å². The second kappa shape index (κ2) is 7.08. The summed E-state index contributed by atoms with van der Waals surface area (Å²) in [6.07, 6.45) is 1.66. The molecule has 80 valence electrons.